The predicted octanol–water partition coefficient (Wildman–Crippen LogP) is 13.4. The average molecular weight is 802 g/mol. The minimum Gasteiger partial charge on any atom is -0.462 e. The molecule has 0 heterocycles. The number of carbonyl (C=O) groups is 2. The van der Waals surface area contributed by atoms with Crippen molar-refractivity contribution < 1.29 is 37.6 Å². The second-order valence-corrected chi connectivity index (χ2v) is 17.1. The zero-order valence-corrected chi connectivity index (χ0v) is 36.8. The summed E-state index contributed by atoms with van der Waals surface area (Å²) in [7, 11) is -4.37. The summed E-state index contributed by atoms with van der Waals surface area (Å²) in [6, 6.07) is 0. The van der Waals surface area contributed by atoms with Crippen LogP contribution in [0, 0.1) is 0 Å². The van der Waals surface area contributed by atoms with Crippen LogP contribution in [0.25, 0.3) is 0 Å². The van der Waals surface area contributed by atoms with E-state index in [2.05, 4.69) is 26.0 Å². The Balaban J connectivity index is 4.05. The van der Waals surface area contributed by atoms with Crippen LogP contribution in [-0.2, 0) is 32.7 Å². The van der Waals surface area contributed by atoms with Gasteiger partial charge < -0.3 is 20.1 Å². The molecule has 0 aromatic carbocycles. The number of ether oxygens (including phenoxy) is 2. The molecule has 0 amide bonds. The van der Waals surface area contributed by atoms with Gasteiger partial charge in [-0.1, -0.05) is 193 Å². The van der Waals surface area contributed by atoms with Gasteiger partial charge in [0.2, 0.25) is 0 Å². The third-order valence-electron chi connectivity index (χ3n) is 10.2. The van der Waals surface area contributed by atoms with Crippen molar-refractivity contribution in [2.24, 2.45) is 5.73 Å². The lowest BCUT2D eigenvalue weighted by atomic mass is 10.0. The Morgan fingerprint density at radius 3 is 1.29 bits per heavy atom. The van der Waals surface area contributed by atoms with Crippen molar-refractivity contribution in [1.29, 1.82) is 0 Å². The van der Waals surface area contributed by atoms with Gasteiger partial charge in [-0.3, -0.25) is 18.6 Å². The molecule has 2 atom stereocenters. The molecule has 0 aliphatic carbocycles. The Hall–Kier alpha value is -1.25. The maximum absolute atomic E-state index is 12.6. The number of hydrogen-bond donors (Lipinski definition) is 2. The molecule has 1 unspecified atom stereocenters. The molecule has 0 fully saturated rings. The molecule has 0 aliphatic rings. The summed E-state index contributed by atoms with van der Waals surface area (Å²) in [5.74, 6) is -0.826. The minimum absolute atomic E-state index is 0.0549. The van der Waals surface area contributed by atoms with Gasteiger partial charge in [0.15, 0.2) is 6.10 Å². The number of hydrogen-bond acceptors (Lipinski definition) is 8. The Morgan fingerprint density at radius 1 is 0.527 bits per heavy atom. The molecule has 0 radical (unpaired) electrons. The van der Waals surface area contributed by atoms with Gasteiger partial charge in [0.1, 0.15) is 6.61 Å². The second-order valence-electron chi connectivity index (χ2n) is 15.6. The summed E-state index contributed by atoms with van der Waals surface area (Å²) in [5.41, 5.74) is 5.35. The number of rotatable bonds is 44. The lowest BCUT2D eigenvalue weighted by Crippen LogP contribution is -2.29. The normalized spacial score (nSPS) is 13.3. The van der Waals surface area contributed by atoms with Gasteiger partial charge in [-0.15, -0.1) is 0 Å². The van der Waals surface area contributed by atoms with E-state index in [0.717, 1.165) is 51.4 Å². The lowest BCUT2D eigenvalue weighted by molar-refractivity contribution is -0.161. The van der Waals surface area contributed by atoms with E-state index in [1.807, 2.05) is 0 Å². The van der Waals surface area contributed by atoms with Crippen molar-refractivity contribution in [2.45, 2.75) is 238 Å². The molecular weight excluding hydrogens is 713 g/mol. The molecule has 0 aromatic rings. The Morgan fingerprint density at radius 2 is 0.891 bits per heavy atom. The number of allylic oxidation sites excluding steroid dienone is 2. The fraction of sp³-hybridized carbons (Fsp3) is 0.911. The van der Waals surface area contributed by atoms with Crippen molar-refractivity contribution in [3.8, 4) is 0 Å². The van der Waals surface area contributed by atoms with E-state index in [0.29, 0.717) is 6.42 Å². The van der Waals surface area contributed by atoms with Gasteiger partial charge in [0.25, 0.3) is 0 Å². The zero-order chi connectivity index (χ0) is 40.3. The van der Waals surface area contributed by atoms with Gasteiger partial charge in [-0.05, 0) is 38.5 Å². The first kappa shape index (κ1) is 53.8. The highest BCUT2D eigenvalue weighted by atomic mass is 31.2. The summed E-state index contributed by atoms with van der Waals surface area (Å²) < 4.78 is 32.8. The number of carbonyl (C=O) groups excluding carboxylic acids is 2. The molecule has 0 aromatic heterocycles. The Bertz CT molecular complexity index is 917. The molecule has 0 saturated carbocycles. The largest absolute Gasteiger partial charge is 0.472 e. The van der Waals surface area contributed by atoms with Crippen molar-refractivity contribution in [1.82, 2.24) is 0 Å². The highest BCUT2D eigenvalue weighted by Crippen LogP contribution is 2.43. The SMILES string of the molecule is CCCCCCC/C=C/CCCCCCCC(=O)O[C@H](COC(=O)CCCCCCCCCCCCCCCCCCCCCC)COP(=O)(O)OCCN. The van der Waals surface area contributed by atoms with Crippen molar-refractivity contribution in [3.05, 3.63) is 12.2 Å². The first-order valence-corrected chi connectivity index (χ1v) is 24.7. The van der Waals surface area contributed by atoms with E-state index in [-0.39, 0.29) is 38.6 Å². The van der Waals surface area contributed by atoms with Gasteiger partial charge in [0.05, 0.1) is 13.2 Å². The number of unbranched alkanes of at least 4 members (excludes halogenated alkanes) is 29. The van der Waals surface area contributed by atoms with Crippen LogP contribution in [0.1, 0.15) is 232 Å². The predicted molar refractivity (Wildman–Crippen MR) is 229 cm³/mol. The minimum atomic E-state index is -4.37. The third-order valence-corrected chi connectivity index (χ3v) is 11.1. The van der Waals surface area contributed by atoms with Crippen LogP contribution in [0.3, 0.4) is 0 Å². The Kier molecular flexibility index (Phi) is 41.4. The van der Waals surface area contributed by atoms with Crippen LogP contribution in [0.4, 0.5) is 0 Å². The third kappa shape index (κ3) is 42.2. The molecular formula is C45H88NO8P. The monoisotopic (exact) mass is 802 g/mol. The molecule has 0 aliphatic heterocycles. The maximum Gasteiger partial charge on any atom is 0.472 e. The van der Waals surface area contributed by atoms with Crippen LogP contribution in [0.5, 0.6) is 0 Å². The van der Waals surface area contributed by atoms with Crippen LogP contribution in [-0.4, -0.2) is 49.3 Å². The molecule has 55 heavy (non-hydrogen) atoms. The fourth-order valence-electron chi connectivity index (χ4n) is 6.69. The Labute approximate surface area is 339 Å². The molecule has 3 N–H and O–H groups in total. The smallest absolute Gasteiger partial charge is 0.462 e. The molecule has 0 bridgehead atoms. The zero-order valence-electron chi connectivity index (χ0n) is 35.9. The van der Waals surface area contributed by atoms with E-state index in [4.69, 9.17) is 24.3 Å². The second kappa shape index (κ2) is 42.4. The fourth-order valence-corrected chi connectivity index (χ4v) is 7.45. The van der Waals surface area contributed by atoms with Gasteiger partial charge >= 0.3 is 19.8 Å². The van der Waals surface area contributed by atoms with Crippen LogP contribution in [0.2, 0.25) is 0 Å². The summed E-state index contributed by atoms with van der Waals surface area (Å²) in [6.45, 7) is 3.75. The summed E-state index contributed by atoms with van der Waals surface area (Å²) in [5, 5.41) is 0. The number of phosphoric ester groups is 1. The van der Waals surface area contributed by atoms with E-state index in [1.54, 1.807) is 0 Å². The van der Waals surface area contributed by atoms with E-state index < -0.39 is 26.5 Å². The summed E-state index contributed by atoms with van der Waals surface area (Å²) >= 11 is 0. The van der Waals surface area contributed by atoms with E-state index >= 15 is 0 Å². The number of nitrogens with two attached hydrogens (primary N) is 1. The number of phosphoric acid groups is 1. The summed E-state index contributed by atoms with van der Waals surface area (Å²) in [6.07, 6.45) is 43.9. The van der Waals surface area contributed by atoms with Gasteiger partial charge in [-0.25, -0.2) is 4.57 Å². The van der Waals surface area contributed by atoms with Crippen molar-refractivity contribution in [2.75, 3.05) is 26.4 Å². The topological polar surface area (TPSA) is 134 Å². The lowest BCUT2D eigenvalue weighted by Gasteiger charge is -2.19. The molecule has 0 saturated heterocycles. The molecule has 0 spiro atoms. The van der Waals surface area contributed by atoms with Crippen LogP contribution in [0.15, 0.2) is 12.2 Å². The summed E-state index contributed by atoms with van der Waals surface area (Å²) in [4.78, 5) is 34.9. The first-order valence-electron chi connectivity index (χ1n) is 23.2. The molecule has 9 nitrogen and oxygen atoms in total. The quantitative estimate of drug-likeness (QED) is 0.0267. The maximum atomic E-state index is 12.6. The standard InChI is InChI=1S/C45H88NO8P/c1-3-5-7-9-11-13-15-17-19-20-21-22-23-24-26-27-29-31-33-35-37-44(47)51-41-43(42-53-55(49,50)52-40-39-46)54-45(48)38-36-34-32-30-28-25-18-16-14-12-10-8-6-4-2/h16,18,43H,3-15,17,19-42,46H2,1-2H3,(H,49,50)/b18-16+/t43-/m1/s1. The van der Waals surface area contributed by atoms with Crippen molar-refractivity contribution >= 4 is 19.8 Å². The average Bonchev–Trinajstić information content (AvgIpc) is 3.17. The molecule has 10 heteroatoms. The number of esters is 2. The van der Waals surface area contributed by atoms with Crippen LogP contribution < -0.4 is 5.73 Å². The van der Waals surface area contributed by atoms with E-state index in [9.17, 15) is 19.0 Å². The van der Waals surface area contributed by atoms with Gasteiger partial charge in [0, 0.05) is 19.4 Å². The van der Waals surface area contributed by atoms with Gasteiger partial charge in [-0.2, -0.15) is 0 Å². The van der Waals surface area contributed by atoms with E-state index in [1.165, 1.54) is 148 Å². The molecule has 0 rings (SSSR count). The first-order chi connectivity index (χ1) is 26.8. The highest BCUT2D eigenvalue weighted by Gasteiger charge is 2.26. The van der Waals surface area contributed by atoms with Crippen LogP contribution >= 0.6 is 7.82 Å². The van der Waals surface area contributed by atoms with Crippen molar-refractivity contribution in [3.63, 3.8) is 0 Å². The molecule has 326 valence electrons. The highest BCUT2D eigenvalue weighted by molar-refractivity contribution is 7.47.